The topological polar surface area (TPSA) is 24.1 Å². The number of hydrogen-bond donors (Lipinski definition) is 2. The molecule has 1 unspecified atom stereocenters. The molecule has 1 aliphatic heterocycles. The van der Waals surface area contributed by atoms with Gasteiger partial charge in [-0.1, -0.05) is 6.42 Å². The molecule has 2 aliphatic rings. The summed E-state index contributed by atoms with van der Waals surface area (Å²) in [6.07, 6.45) is 8.46. The van der Waals surface area contributed by atoms with E-state index in [-0.39, 0.29) is 0 Å². The fourth-order valence-electron chi connectivity index (χ4n) is 2.25. The van der Waals surface area contributed by atoms with Crippen molar-refractivity contribution < 1.29 is 0 Å². The molecule has 0 aromatic carbocycles. The van der Waals surface area contributed by atoms with Crippen LogP contribution in [-0.2, 0) is 0 Å². The Morgan fingerprint density at radius 1 is 1.00 bits per heavy atom. The summed E-state index contributed by atoms with van der Waals surface area (Å²) in [5.41, 5.74) is 0. The molecule has 1 saturated carbocycles. The van der Waals surface area contributed by atoms with Gasteiger partial charge in [-0.2, -0.15) is 0 Å². The van der Waals surface area contributed by atoms with E-state index in [1.807, 2.05) is 0 Å². The largest absolute Gasteiger partial charge is 0.317 e. The van der Waals surface area contributed by atoms with Crippen molar-refractivity contribution in [3.8, 4) is 0 Å². The molecule has 0 amide bonds. The van der Waals surface area contributed by atoms with E-state index in [0.29, 0.717) is 0 Å². The predicted octanol–water partition coefficient (Wildman–Crippen LogP) is 1.52. The zero-order valence-corrected chi connectivity index (χ0v) is 8.52. The highest BCUT2D eigenvalue weighted by molar-refractivity contribution is 4.77. The summed E-state index contributed by atoms with van der Waals surface area (Å²) in [5, 5.41) is 7.18. The fraction of sp³-hybridized carbons (Fsp3) is 1.00. The van der Waals surface area contributed by atoms with Crippen LogP contribution in [0, 0.1) is 5.92 Å². The molecule has 2 fully saturated rings. The Morgan fingerprint density at radius 2 is 1.92 bits per heavy atom. The van der Waals surface area contributed by atoms with Crippen LogP contribution in [0.5, 0.6) is 0 Å². The Morgan fingerprint density at radius 3 is 2.69 bits per heavy atom. The summed E-state index contributed by atoms with van der Waals surface area (Å²) in [4.78, 5) is 0. The van der Waals surface area contributed by atoms with Crippen LogP contribution in [0.2, 0.25) is 0 Å². The van der Waals surface area contributed by atoms with Crippen LogP contribution < -0.4 is 10.6 Å². The van der Waals surface area contributed by atoms with Gasteiger partial charge >= 0.3 is 0 Å². The van der Waals surface area contributed by atoms with Gasteiger partial charge in [-0.3, -0.25) is 0 Å². The highest BCUT2D eigenvalue weighted by Gasteiger charge is 2.19. The molecule has 2 heteroatoms. The van der Waals surface area contributed by atoms with Gasteiger partial charge in [-0.05, 0) is 57.7 Å². The van der Waals surface area contributed by atoms with Crippen LogP contribution in [0.1, 0.15) is 38.5 Å². The molecule has 0 radical (unpaired) electrons. The Bertz CT molecular complexity index is 135. The Labute approximate surface area is 81.5 Å². The lowest BCUT2D eigenvalue weighted by atomic mass is 9.85. The zero-order chi connectivity index (χ0) is 8.93. The van der Waals surface area contributed by atoms with E-state index in [2.05, 4.69) is 10.6 Å². The summed E-state index contributed by atoms with van der Waals surface area (Å²) in [5.74, 6) is 1.01. The highest BCUT2D eigenvalue weighted by atomic mass is 14.9. The van der Waals surface area contributed by atoms with Crippen molar-refractivity contribution in [1.29, 1.82) is 0 Å². The zero-order valence-electron chi connectivity index (χ0n) is 8.52. The lowest BCUT2D eigenvalue weighted by molar-refractivity contribution is 0.284. The minimum Gasteiger partial charge on any atom is -0.317 e. The third-order valence-electron chi connectivity index (χ3n) is 3.50. The second kappa shape index (κ2) is 4.97. The summed E-state index contributed by atoms with van der Waals surface area (Å²) in [7, 11) is 0. The SMILES string of the molecule is C1CC(CNC2CCCNCC2)C1. The molecule has 0 bridgehead atoms. The molecule has 1 atom stereocenters. The molecule has 2 nitrogen and oxygen atoms in total. The first-order chi connectivity index (χ1) is 6.45. The molecule has 1 heterocycles. The van der Waals surface area contributed by atoms with Crippen molar-refractivity contribution >= 4 is 0 Å². The van der Waals surface area contributed by atoms with E-state index < -0.39 is 0 Å². The van der Waals surface area contributed by atoms with Crippen molar-refractivity contribution in [3.63, 3.8) is 0 Å². The maximum Gasteiger partial charge on any atom is 0.00797 e. The second-order valence-electron chi connectivity index (χ2n) is 4.58. The van der Waals surface area contributed by atoms with Crippen LogP contribution in [-0.4, -0.2) is 25.7 Å². The predicted molar refractivity (Wildman–Crippen MR) is 55.9 cm³/mol. The van der Waals surface area contributed by atoms with E-state index in [1.165, 1.54) is 58.2 Å². The minimum atomic E-state index is 0.801. The van der Waals surface area contributed by atoms with E-state index in [9.17, 15) is 0 Å². The lowest BCUT2D eigenvalue weighted by Gasteiger charge is -2.28. The Hall–Kier alpha value is -0.0800. The van der Waals surface area contributed by atoms with E-state index in [4.69, 9.17) is 0 Å². The smallest absolute Gasteiger partial charge is 0.00797 e. The first kappa shape index (κ1) is 9.47. The molecule has 0 aromatic rings. The van der Waals surface area contributed by atoms with Crippen molar-refractivity contribution in [2.75, 3.05) is 19.6 Å². The van der Waals surface area contributed by atoms with Crippen LogP contribution in [0.3, 0.4) is 0 Å². The van der Waals surface area contributed by atoms with Gasteiger partial charge in [0.2, 0.25) is 0 Å². The first-order valence-corrected chi connectivity index (χ1v) is 5.89. The quantitative estimate of drug-likeness (QED) is 0.691. The fourth-order valence-corrected chi connectivity index (χ4v) is 2.25. The van der Waals surface area contributed by atoms with E-state index in [0.717, 1.165) is 12.0 Å². The third kappa shape index (κ3) is 2.96. The van der Waals surface area contributed by atoms with Gasteiger partial charge in [0.15, 0.2) is 0 Å². The lowest BCUT2D eigenvalue weighted by Crippen LogP contribution is -2.36. The van der Waals surface area contributed by atoms with Crippen LogP contribution >= 0.6 is 0 Å². The maximum atomic E-state index is 3.72. The minimum absolute atomic E-state index is 0.801. The van der Waals surface area contributed by atoms with Crippen LogP contribution in [0.25, 0.3) is 0 Å². The summed E-state index contributed by atoms with van der Waals surface area (Å²) < 4.78 is 0. The summed E-state index contributed by atoms with van der Waals surface area (Å²) >= 11 is 0. The molecule has 76 valence electrons. The molecule has 0 aromatic heterocycles. The molecular weight excluding hydrogens is 160 g/mol. The Balaban J connectivity index is 1.61. The van der Waals surface area contributed by atoms with E-state index in [1.54, 1.807) is 0 Å². The average molecular weight is 182 g/mol. The van der Waals surface area contributed by atoms with Crippen molar-refractivity contribution in [2.24, 2.45) is 5.92 Å². The van der Waals surface area contributed by atoms with Crippen molar-refractivity contribution in [2.45, 2.75) is 44.6 Å². The number of rotatable bonds is 3. The van der Waals surface area contributed by atoms with Gasteiger partial charge < -0.3 is 10.6 Å². The van der Waals surface area contributed by atoms with Gasteiger partial charge in [0.25, 0.3) is 0 Å². The molecule has 0 spiro atoms. The number of nitrogens with one attached hydrogen (secondary N) is 2. The van der Waals surface area contributed by atoms with Gasteiger partial charge in [-0.25, -0.2) is 0 Å². The monoisotopic (exact) mass is 182 g/mol. The van der Waals surface area contributed by atoms with Gasteiger partial charge in [0, 0.05) is 6.04 Å². The molecule has 2 rings (SSSR count). The molecule has 1 saturated heterocycles. The molecule has 2 N–H and O–H groups in total. The Kier molecular flexibility index (Phi) is 3.62. The average Bonchev–Trinajstić information content (AvgIpc) is 2.30. The van der Waals surface area contributed by atoms with Crippen LogP contribution in [0.4, 0.5) is 0 Å². The molecule has 13 heavy (non-hydrogen) atoms. The standard InChI is InChI=1S/C11H22N2/c1-3-10(4-1)9-13-11-5-2-7-12-8-6-11/h10-13H,1-9H2. The first-order valence-electron chi connectivity index (χ1n) is 5.89. The third-order valence-corrected chi connectivity index (χ3v) is 3.50. The van der Waals surface area contributed by atoms with Gasteiger partial charge in [0.05, 0.1) is 0 Å². The maximum absolute atomic E-state index is 3.72. The number of hydrogen-bond acceptors (Lipinski definition) is 2. The summed E-state index contributed by atoms with van der Waals surface area (Å²) in [6, 6.07) is 0.801. The molecular formula is C11H22N2. The van der Waals surface area contributed by atoms with Gasteiger partial charge in [-0.15, -0.1) is 0 Å². The van der Waals surface area contributed by atoms with Gasteiger partial charge in [0.1, 0.15) is 0 Å². The van der Waals surface area contributed by atoms with Crippen molar-refractivity contribution in [1.82, 2.24) is 10.6 Å². The normalized spacial score (nSPS) is 30.9. The summed E-state index contributed by atoms with van der Waals surface area (Å²) in [6.45, 7) is 3.72. The van der Waals surface area contributed by atoms with Crippen LogP contribution in [0.15, 0.2) is 0 Å². The molecule has 1 aliphatic carbocycles. The van der Waals surface area contributed by atoms with E-state index >= 15 is 0 Å². The second-order valence-corrected chi connectivity index (χ2v) is 4.58. The van der Waals surface area contributed by atoms with Crippen molar-refractivity contribution in [3.05, 3.63) is 0 Å². The highest BCUT2D eigenvalue weighted by Crippen LogP contribution is 2.25.